The minimum Gasteiger partial charge on any atom is -0.378 e. The lowest BCUT2D eigenvalue weighted by Crippen LogP contribution is -2.46. The van der Waals surface area contributed by atoms with Crippen LogP contribution < -0.4 is 5.32 Å². The maximum atomic E-state index is 11.8. The van der Waals surface area contributed by atoms with Crippen molar-refractivity contribution in [1.29, 1.82) is 0 Å². The summed E-state index contributed by atoms with van der Waals surface area (Å²) in [6, 6.07) is -0.277. The Morgan fingerprint density at radius 2 is 2.50 bits per heavy atom. The standard InChI is InChI=1S/C9H11N3O2/c13-9(7-5-10-1-2-11-7)8-6-14-4-3-12-8/h1-2,5,8,12H,3-4,6H2. The van der Waals surface area contributed by atoms with E-state index in [1.54, 1.807) is 6.20 Å². The van der Waals surface area contributed by atoms with Crippen LogP contribution >= 0.6 is 0 Å². The van der Waals surface area contributed by atoms with Gasteiger partial charge in [0, 0.05) is 18.9 Å². The van der Waals surface area contributed by atoms with Crippen molar-refractivity contribution in [2.45, 2.75) is 6.04 Å². The molecule has 0 saturated carbocycles. The summed E-state index contributed by atoms with van der Waals surface area (Å²) in [6.07, 6.45) is 4.52. The first-order chi connectivity index (χ1) is 6.88. The van der Waals surface area contributed by atoms with Crippen molar-refractivity contribution < 1.29 is 9.53 Å². The Kier molecular flexibility index (Phi) is 2.81. The zero-order valence-electron chi connectivity index (χ0n) is 7.64. The van der Waals surface area contributed by atoms with Gasteiger partial charge in [-0.1, -0.05) is 0 Å². The van der Waals surface area contributed by atoms with Gasteiger partial charge in [-0.15, -0.1) is 0 Å². The van der Waals surface area contributed by atoms with E-state index in [0.717, 1.165) is 0 Å². The number of Topliss-reactive ketones (excluding diaryl/α,β-unsaturated/α-hetero) is 1. The van der Waals surface area contributed by atoms with E-state index in [1.165, 1.54) is 12.4 Å². The summed E-state index contributed by atoms with van der Waals surface area (Å²) in [6.45, 7) is 1.77. The highest BCUT2D eigenvalue weighted by Crippen LogP contribution is 2.01. The number of ether oxygens (including phenoxy) is 1. The number of nitrogens with one attached hydrogen (secondary N) is 1. The summed E-state index contributed by atoms with van der Waals surface area (Å²) in [5.74, 6) is -0.0576. The molecule has 1 unspecified atom stereocenters. The van der Waals surface area contributed by atoms with Crippen LogP contribution in [0.3, 0.4) is 0 Å². The Labute approximate surface area is 81.5 Å². The van der Waals surface area contributed by atoms with Crippen LogP contribution in [0.5, 0.6) is 0 Å². The molecule has 0 aromatic carbocycles. The lowest BCUT2D eigenvalue weighted by molar-refractivity contribution is 0.0604. The van der Waals surface area contributed by atoms with Crippen LogP contribution in [0.25, 0.3) is 0 Å². The maximum Gasteiger partial charge on any atom is 0.201 e. The molecule has 1 atom stereocenters. The first-order valence-corrected chi connectivity index (χ1v) is 4.49. The van der Waals surface area contributed by atoms with Crippen molar-refractivity contribution in [3.8, 4) is 0 Å². The molecule has 2 heterocycles. The predicted molar refractivity (Wildman–Crippen MR) is 49.0 cm³/mol. The van der Waals surface area contributed by atoms with Gasteiger partial charge in [0.05, 0.1) is 25.5 Å². The van der Waals surface area contributed by atoms with Crippen molar-refractivity contribution in [3.05, 3.63) is 24.3 Å². The van der Waals surface area contributed by atoms with Gasteiger partial charge in [0.2, 0.25) is 5.78 Å². The summed E-state index contributed by atoms with van der Waals surface area (Å²) in [5, 5.41) is 3.08. The molecule has 0 bridgehead atoms. The van der Waals surface area contributed by atoms with E-state index in [1.807, 2.05) is 0 Å². The molecule has 0 spiro atoms. The van der Waals surface area contributed by atoms with Gasteiger partial charge in [0.25, 0.3) is 0 Å². The van der Waals surface area contributed by atoms with Crippen molar-refractivity contribution in [2.24, 2.45) is 0 Å². The summed E-state index contributed by atoms with van der Waals surface area (Å²) < 4.78 is 5.19. The highest BCUT2D eigenvalue weighted by atomic mass is 16.5. The molecule has 1 N–H and O–H groups in total. The fourth-order valence-corrected chi connectivity index (χ4v) is 1.34. The quantitative estimate of drug-likeness (QED) is 0.650. The SMILES string of the molecule is O=C(c1cnccn1)C1COCCN1. The highest BCUT2D eigenvalue weighted by Gasteiger charge is 2.23. The van der Waals surface area contributed by atoms with Crippen molar-refractivity contribution >= 4 is 5.78 Å². The normalized spacial score (nSPS) is 21.9. The van der Waals surface area contributed by atoms with Crippen LogP contribution in [0.4, 0.5) is 0 Å². The van der Waals surface area contributed by atoms with E-state index in [2.05, 4.69) is 15.3 Å². The molecule has 1 aliphatic heterocycles. The monoisotopic (exact) mass is 193 g/mol. The number of hydrogen-bond acceptors (Lipinski definition) is 5. The number of aromatic nitrogens is 2. The lowest BCUT2D eigenvalue weighted by Gasteiger charge is -2.21. The van der Waals surface area contributed by atoms with Gasteiger partial charge < -0.3 is 10.1 Å². The summed E-state index contributed by atoms with van der Waals surface area (Å²) >= 11 is 0. The third kappa shape index (κ3) is 1.94. The molecule has 0 amide bonds. The number of rotatable bonds is 2. The number of carbonyl (C=O) groups excluding carboxylic acids is 1. The van der Waals surface area contributed by atoms with Gasteiger partial charge in [-0.2, -0.15) is 0 Å². The fraction of sp³-hybridized carbons (Fsp3) is 0.444. The topological polar surface area (TPSA) is 64.1 Å². The molecule has 2 rings (SSSR count). The lowest BCUT2D eigenvalue weighted by atomic mass is 10.1. The molecule has 14 heavy (non-hydrogen) atoms. The number of carbonyl (C=O) groups is 1. The molecule has 1 aliphatic rings. The molecule has 5 heteroatoms. The van der Waals surface area contributed by atoms with Crippen LogP contribution in [0.1, 0.15) is 10.5 Å². The van der Waals surface area contributed by atoms with E-state index in [-0.39, 0.29) is 11.8 Å². The molecular weight excluding hydrogens is 182 g/mol. The largest absolute Gasteiger partial charge is 0.378 e. The average Bonchev–Trinajstić information content (AvgIpc) is 2.30. The molecule has 1 aromatic heterocycles. The maximum absolute atomic E-state index is 11.8. The molecule has 5 nitrogen and oxygen atoms in total. The van der Waals surface area contributed by atoms with Gasteiger partial charge in [-0.3, -0.25) is 9.78 Å². The molecule has 0 aliphatic carbocycles. The van der Waals surface area contributed by atoms with Crippen LogP contribution in [-0.2, 0) is 4.74 Å². The predicted octanol–water partition coefficient (Wildman–Crippen LogP) is -0.352. The van der Waals surface area contributed by atoms with Gasteiger partial charge in [-0.05, 0) is 0 Å². The minimum atomic E-state index is -0.277. The Bertz CT molecular complexity index is 309. The van der Waals surface area contributed by atoms with Gasteiger partial charge in [0.15, 0.2) is 0 Å². The van der Waals surface area contributed by atoms with E-state index in [0.29, 0.717) is 25.5 Å². The fourth-order valence-electron chi connectivity index (χ4n) is 1.34. The highest BCUT2D eigenvalue weighted by molar-refractivity contribution is 5.98. The first-order valence-electron chi connectivity index (χ1n) is 4.49. The third-order valence-corrected chi connectivity index (χ3v) is 2.05. The molecule has 1 saturated heterocycles. The number of hydrogen-bond donors (Lipinski definition) is 1. The molecular formula is C9H11N3O2. The van der Waals surface area contributed by atoms with Gasteiger partial charge in [-0.25, -0.2) is 4.98 Å². The van der Waals surface area contributed by atoms with E-state index >= 15 is 0 Å². The Morgan fingerprint density at radius 3 is 3.14 bits per heavy atom. The van der Waals surface area contributed by atoms with E-state index in [9.17, 15) is 4.79 Å². The van der Waals surface area contributed by atoms with Crippen LogP contribution in [-0.4, -0.2) is 41.6 Å². The summed E-state index contributed by atoms with van der Waals surface area (Å²) in [4.78, 5) is 19.5. The van der Waals surface area contributed by atoms with Crippen LogP contribution in [0, 0.1) is 0 Å². The molecule has 1 aromatic rings. The van der Waals surface area contributed by atoms with Crippen molar-refractivity contribution in [3.63, 3.8) is 0 Å². The summed E-state index contributed by atoms with van der Waals surface area (Å²) in [5.41, 5.74) is 0.385. The average molecular weight is 193 g/mol. The second kappa shape index (κ2) is 4.26. The van der Waals surface area contributed by atoms with E-state index in [4.69, 9.17) is 4.74 Å². The molecule has 0 radical (unpaired) electrons. The van der Waals surface area contributed by atoms with Crippen LogP contribution in [0.2, 0.25) is 0 Å². The second-order valence-electron chi connectivity index (χ2n) is 3.04. The zero-order valence-corrected chi connectivity index (χ0v) is 7.64. The Hall–Kier alpha value is -1.33. The second-order valence-corrected chi connectivity index (χ2v) is 3.04. The van der Waals surface area contributed by atoms with Gasteiger partial charge in [0.1, 0.15) is 5.69 Å². The molecule has 74 valence electrons. The Balaban J connectivity index is 2.07. The minimum absolute atomic E-state index is 0.0576. The Morgan fingerprint density at radius 1 is 1.57 bits per heavy atom. The summed E-state index contributed by atoms with van der Waals surface area (Å²) in [7, 11) is 0. The number of nitrogens with zero attached hydrogens (tertiary/aromatic N) is 2. The molecule has 1 fully saturated rings. The smallest absolute Gasteiger partial charge is 0.201 e. The van der Waals surface area contributed by atoms with Crippen molar-refractivity contribution in [2.75, 3.05) is 19.8 Å². The van der Waals surface area contributed by atoms with Crippen molar-refractivity contribution in [1.82, 2.24) is 15.3 Å². The third-order valence-electron chi connectivity index (χ3n) is 2.05. The first kappa shape index (κ1) is 9.23. The number of morpholine rings is 1. The van der Waals surface area contributed by atoms with Crippen LogP contribution in [0.15, 0.2) is 18.6 Å². The van der Waals surface area contributed by atoms with E-state index < -0.39 is 0 Å². The van der Waals surface area contributed by atoms with Gasteiger partial charge >= 0.3 is 0 Å². The number of ketones is 1. The zero-order chi connectivity index (χ0) is 9.80.